The zero-order chi connectivity index (χ0) is 11.4. The van der Waals surface area contributed by atoms with E-state index in [9.17, 15) is 13.2 Å². The van der Waals surface area contributed by atoms with E-state index in [1.165, 1.54) is 0 Å². The fraction of sp³-hybridized carbons (Fsp3) is 0.455. The van der Waals surface area contributed by atoms with Crippen molar-refractivity contribution in [2.45, 2.75) is 25.8 Å². The zero-order valence-electron chi connectivity index (χ0n) is 8.57. The summed E-state index contributed by atoms with van der Waals surface area (Å²) in [5.41, 5.74) is 4.08. The van der Waals surface area contributed by atoms with Gasteiger partial charge in [-0.15, -0.1) is 0 Å². The monoisotopic (exact) mass is 215 g/mol. The van der Waals surface area contributed by atoms with E-state index in [1.54, 1.807) is 13.8 Å². The summed E-state index contributed by atoms with van der Waals surface area (Å²) < 4.78 is 39.8. The van der Waals surface area contributed by atoms with Crippen molar-refractivity contribution < 1.29 is 13.2 Å². The van der Waals surface area contributed by atoms with Crippen LogP contribution in [-0.4, -0.2) is 0 Å². The molecular weight excluding hydrogens is 203 g/mol. The van der Waals surface area contributed by atoms with Gasteiger partial charge in [0.25, 0.3) is 0 Å². The fourth-order valence-electron chi connectivity index (χ4n) is 2.02. The van der Waals surface area contributed by atoms with Crippen LogP contribution in [0.5, 0.6) is 0 Å². The molecule has 82 valence electrons. The summed E-state index contributed by atoms with van der Waals surface area (Å²) >= 11 is 0. The summed E-state index contributed by atoms with van der Waals surface area (Å²) in [4.78, 5) is 0. The lowest BCUT2D eigenvalue weighted by atomic mass is 9.96. The Kier molecular flexibility index (Phi) is 1.93. The third kappa shape index (κ3) is 1.28. The number of nitrogens with two attached hydrogens (primary N) is 1. The van der Waals surface area contributed by atoms with Crippen molar-refractivity contribution in [3.05, 3.63) is 35.1 Å². The van der Waals surface area contributed by atoms with Gasteiger partial charge in [-0.2, -0.15) is 0 Å². The summed E-state index contributed by atoms with van der Waals surface area (Å²) in [5.74, 6) is -3.00. The average Bonchev–Trinajstić information content (AvgIpc) is 2.60. The Labute approximate surface area is 86.1 Å². The van der Waals surface area contributed by atoms with E-state index in [1.807, 2.05) is 0 Å². The second kappa shape index (κ2) is 2.76. The molecule has 0 saturated heterocycles. The van der Waals surface area contributed by atoms with Crippen LogP contribution in [-0.2, 0) is 5.54 Å². The molecule has 1 fully saturated rings. The minimum absolute atomic E-state index is 0.326. The fourth-order valence-corrected chi connectivity index (χ4v) is 2.02. The highest BCUT2D eigenvalue weighted by molar-refractivity contribution is 5.37. The maximum absolute atomic E-state index is 13.4. The lowest BCUT2D eigenvalue weighted by Crippen LogP contribution is -2.28. The first-order valence-electron chi connectivity index (χ1n) is 4.72. The molecule has 15 heavy (non-hydrogen) atoms. The van der Waals surface area contributed by atoms with Gasteiger partial charge in [-0.25, -0.2) is 13.2 Å². The molecule has 1 nitrogen and oxygen atoms in total. The molecule has 1 aromatic carbocycles. The quantitative estimate of drug-likeness (QED) is 0.716. The highest BCUT2D eigenvalue weighted by atomic mass is 19.2. The summed E-state index contributed by atoms with van der Waals surface area (Å²) in [6.45, 7) is 3.60. The maximum Gasteiger partial charge on any atom is 0.166 e. The number of benzene rings is 1. The third-order valence-electron chi connectivity index (χ3n) is 3.29. The van der Waals surface area contributed by atoms with Crippen LogP contribution >= 0.6 is 0 Å². The second-order valence-corrected chi connectivity index (χ2v) is 4.75. The predicted molar refractivity (Wildman–Crippen MR) is 50.6 cm³/mol. The van der Waals surface area contributed by atoms with Gasteiger partial charge >= 0.3 is 0 Å². The minimum Gasteiger partial charge on any atom is -0.321 e. The molecule has 0 heterocycles. The third-order valence-corrected chi connectivity index (χ3v) is 3.29. The van der Waals surface area contributed by atoms with Gasteiger partial charge in [-0.3, -0.25) is 0 Å². The molecule has 1 aliphatic rings. The first-order chi connectivity index (χ1) is 6.79. The molecule has 0 amide bonds. The second-order valence-electron chi connectivity index (χ2n) is 4.75. The molecule has 1 unspecified atom stereocenters. The maximum atomic E-state index is 13.4. The van der Waals surface area contributed by atoms with Crippen LogP contribution in [0.15, 0.2) is 12.1 Å². The van der Waals surface area contributed by atoms with Crippen molar-refractivity contribution in [1.82, 2.24) is 0 Å². The Hall–Kier alpha value is -1.03. The molecule has 2 rings (SSSR count). The van der Waals surface area contributed by atoms with E-state index >= 15 is 0 Å². The highest BCUT2D eigenvalue weighted by Crippen LogP contribution is 2.61. The lowest BCUT2D eigenvalue weighted by Gasteiger charge is -2.17. The van der Waals surface area contributed by atoms with E-state index in [4.69, 9.17) is 5.73 Å². The van der Waals surface area contributed by atoms with Crippen LogP contribution in [0, 0.1) is 22.9 Å². The van der Waals surface area contributed by atoms with Gasteiger partial charge in [0.05, 0.1) is 5.54 Å². The van der Waals surface area contributed by atoms with E-state index in [0.717, 1.165) is 12.1 Å². The van der Waals surface area contributed by atoms with E-state index < -0.39 is 23.0 Å². The standard InChI is InChI=1S/C11H12F3N/c1-10(2)5-11(10,15)8-6(12)3-4-7(13)9(8)14/h3-4H,5,15H2,1-2H3. The molecule has 0 bridgehead atoms. The molecule has 4 heteroatoms. The molecule has 0 radical (unpaired) electrons. The van der Waals surface area contributed by atoms with Crippen molar-refractivity contribution in [3.63, 3.8) is 0 Å². The lowest BCUT2D eigenvalue weighted by molar-refractivity contribution is 0.426. The average molecular weight is 215 g/mol. The summed E-state index contributed by atoms with van der Waals surface area (Å²) in [6.07, 6.45) is 0.456. The van der Waals surface area contributed by atoms with Crippen LogP contribution in [0.3, 0.4) is 0 Å². The molecule has 1 aliphatic carbocycles. The Balaban J connectivity index is 2.60. The largest absolute Gasteiger partial charge is 0.321 e. The number of halogens is 3. The van der Waals surface area contributed by atoms with Gasteiger partial charge < -0.3 is 5.73 Å². The highest BCUT2D eigenvalue weighted by Gasteiger charge is 2.61. The van der Waals surface area contributed by atoms with Gasteiger partial charge in [0, 0.05) is 5.56 Å². The van der Waals surface area contributed by atoms with Gasteiger partial charge in [0.2, 0.25) is 0 Å². The molecule has 0 aliphatic heterocycles. The van der Waals surface area contributed by atoms with Gasteiger partial charge in [0.1, 0.15) is 5.82 Å². The minimum atomic E-state index is -1.16. The zero-order valence-corrected chi connectivity index (χ0v) is 8.57. The van der Waals surface area contributed by atoms with Gasteiger partial charge in [-0.05, 0) is 24.0 Å². The Morgan fingerprint density at radius 2 is 1.60 bits per heavy atom. The van der Waals surface area contributed by atoms with Crippen LogP contribution in [0.2, 0.25) is 0 Å². The van der Waals surface area contributed by atoms with Crippen LogP contribution in [0.4, 0.5) is 13.2 Å². The molecule has 1 atom stereocenters. The van der Waals surface area contributed by atoms with Crippen molar-refractivity contribution in [1.29, 1.82) is 0 Å². The van der Waals surface area contributed by atoms with Crippen molar-refractivity contribution in [2.24, 2.45) is 11.1 Å². The number of hydrogen-bond acceptors (Lipinski definition) is 1. The van der Waals surface area contributed by atoms with Crippen molar-refractivity contribution >= 4 is 0 Å². The molecule has 0 spiro atoms. The van der Waals surface area contributed by atoms with Gasteiger partial charge in [0.15, 0.2) is 11.6 Å². The Morgan fingerprint density at radius 3 is 2.07 bits per heavy atom. The van der Waals surface area contributed by atoms with E-state index in [-0.39, 0.29) is 11.0 Å². The number of hydrogen-bond donors (Lipinski definition) is 1. The Bertz CT molecular complexity index is 428. The molecular formula is C11H12F3N. The first-order valence-corrected chi connectivity index (χ1v) is 4.72. The summed E-state index contributed by atoms with van der Waals surface area (Å²) in [5, 5.41) is 0. The van der Waals surface area contributed by atoms with Crippen molar-refractivity contribution in [3.8, 4) is 0 Å². The van der Waals surface area contributed by atoms with Crippen molar-refractivity contribution in [2.75, 3.05) is 0 Å². The smallest absolute Gasteiger partial charge is 0.166 e. The first kappa shape index (κ1) is 10.5. The summed E-state index contributed by atoms with van der Waals surface area (Å²) in [7, 11) is 0. The molecule has 0 aromatic heterocycles. The van der Waals surface area contributed by atoms with E-state index in [0.29, 0.717) is 6.42 Å². The molecule has 1 aromatic rings. The molecule has 1 saturated carbocycles. The predicted octanol–water partition coefficient (Wildman–Crippen LogP) is 2.69. The van der Waals surface area contributed by atoms with Crippen LogP contribution in [0.25, 0.3) is 0 Å². The van der Waals surface area contributed by atoms with Crippen LogP contribution in [0.1, 0.15) is 25.8 Å². The van der Waals surface area contributed by atoms with E-state index in [2.05, 4.69) is 0 Å². The summed E-state index contributed by atoms with van der Waals surface area (Å²) in [6, 6.07) is 1.68. The number of rotatable bonds is 1. The van der Waals surface area contributed by atoms with Crippen LogP contribution < -0.4 is 5.73 Å². The SMILES string of the molecule is CC1(C)CC1(N)c1c(F)ccc(F)c1F. The van der Waals surface area contributed by atoms with Gasteiger partial charge in [-0.1, -0.05) is 13.8 Å². The Morgan fingerprint density at radius 1 is 1.13 bits per heavy atom. The molecule has 2 N–H and O–H groups in total. The normalized spacial score (nSPS) is 27.9. The topological polar surface area (TPSA) is 26.0 Å².